The first-order valence-corrected chi connectivity index (χ1v) is 9.98. The van der Waals surface area contributed by atoms with Crippen LogP contribution in [0.4, 0.5) is 5.13 Å². The van der Waals surface area contributed by atoms with Gasteiger partial charge in [-0.1, -0.05) is 49.9 Å². The predicted octanol–water partition coefficient (Wildman–Crippen LogP) is 2.87. The molecule has 0 radical (unpaired) electrons. The van der Waals surface area contributed by atoms with Crippen molar-refractivity contribution in [1.82, 2.24) is 30.4 Å². The summed E-state index contributed by atoms with van der Waals surface area (Å²) in [5.74, 6) is 0.422. The van der Waals surface area contributed by atoms with Crippen molar-refractivity contribution in [2.75, 3.05) is 5.32 Å². The Morgan fingerprint density at radius 1 is 1.12 bits per heavy atom. The average Bonchev–Trinajstić information content (AvgIpc) is 3.35. The molecule has 2 aromatic heterocycles. The van der Waals surface area contributed by atoms with Crippen molar-refractivity contribution < 1.29 is 4.79 Å². The van der Waals surface area contributed by atoms with Crippen molar-refractivity contribution >= 4 is 22.4 Å². The molecule has 2 heterocycles. The van der Waals surface area contributed by atoms with E-state index < -0.39 is 5.54 Å². The zero-order chi connectivity index (χ0) is 17.1. The second kappa shape index (κ2) is 7.15. The highest BCUT2D eigenvalue weighted by molar-refractivity contribution is 7.15. The van der Waals surface area contributed by atoms with E-state index in [0.717, 1.165) is 37.1 Å². The molecule has 2 fully saturated rings. The topological polar surface area (TPSA) is 98.5 Å². The number of tetrazole rings is 1. The Morgan fingerprint density at radius 2 is 1.88 bits per heavy atom. The van der Waals surface area contributed by atoms with Crippen molar-refractivity contribution in [2.45, 2.75) is 75.7 Å². The third-order valence-corrected chi connectivity index (χ3v) is 6.51. The molecule has 4 rings (SSSR count). The van der Waals surface area contributed by atoms with Crippen molar-refractivity contribution in [3.05, 3.63) is 11.3 Å². The first-order valence-electron chi connectivity index (χ1n) is 9.16. The number of carbonyl (C=O) groups excluding carboxylic acids is 1. The number of hydrogen-bond acceptors (Lipinski definition) is 7. The third-order valence-electron chi connectivity index (χ3n) is 5.51. The maximum atomic E-state index is 13.1. The summed E-state index contributed by atoms with van der Waals surface area (Å²) in [6.45, 7) is 0. The summed E-state index contributed by atoms with van der Waals surface area (Å²) in [6.07, 6.45) is 12.4. The van der Waals surface area contributed by atoms with Crippen molar-refractivity contribution in [3.63, 3.8) is 0 Å². The van der Waals surface area contributed by atoms with Crippen LogP contribution in [0.3, 0.4) is 0 Å². The Kier molecular flexibility index (Phi) is 4.74. The van der Waals surface area contributed by atoms with Gasteiger partial charge in [-0.25, -0.2) is 4.68 Å². The maximum absolute atomic E-state index is 13.1. The standard InChI is InChI=1S/C16H23N7OS/c24-14(16(9-5-2-6-10-16)23-11-17-21-22-23)18-15-20-19-13(25-15)12-7-3-1-4-8-12/h11-12H,1-10H2,(H,18,20,24). The molecule has 0 bridgehead atoms. The fourth-order valence-electron chi connectivity index (χ4n) is 4.07. The summed E-state index contributed by atoms with van der Waals surface area (Å²) in [6, 6.07) is 0. The van der Waals surface area contributed by atoms with E-state index in [0.29, 0.717) is 11.0 Å². The highest BCUT2D eigenvalue weighted by Gasteiger charge is 2.43. The summed E-state index contributed by atoms with van der Waals surface area (Å²) < 4.78 is 1.62. The monoisotopic (exact) mass is 361 g/mol. The van der Waals surface area contributed by atoms with Crippen molar-refractivity contribution in [2.24, 2.45) is 0 Å². The number of nitrogens with one attached hydrogen (secondary N) is 1. The molecule has 25 heavy (non-hydrogen) atoms. The number of rotatable bonds is 4. The van der Waals surface area contributed by atoms with Crippen molar-refractivity contribution in [1.29, 1.82) is 0 Å². The molecule has 9 heteroatoms. The third kappa shape index (κ3) is 3.29. The molecule has 8 nitrogen and oxygen atoms in total. The summed E-state index contributed by atoms with van der Waals surface area (Å²) in [7, 11) is 0. The second-order valence-electron chi connectivity index (χ2n) is 7.08. The predicted molar refractivity (Wildman–Crippen MR) is 93.2 cm³/mol. The normalized spacial score (nSPS) is 21.1. The van der Waals surface area contributed by atoms with E-state index in [1.165, 1.54) is 43.4 Å². The number of hydrogen-bond donors (Lipinski definition) is 1. The number of anilines is 1. The van der Waals surface area contributed by atoms with Gasteiger partial charge < -0.3 is 0 Å². The van der Waals surface area contributed by atoms with Crippen LogP contribution < -0.4 is 5.32 Å². The first kappa shape index (κ1) is 16.6. The second-order valence-corrected chi connectivity index (χ2v) is 8.09. The number of carbonyl (C=O) groups is 1. The lowest BCUT2D eigenvalue weighted by atomic mass is 9.81. The molecular formula is C16H23N7OS. The molecule has 0 atom stereocenters. The van der Waals surface area contributed by atoms with Gasteiger partial charge in [0.25, 0.3) is 5.91 Å². The van der Waals surface area contributed by atoms with E-state index >= 15 is 0 Å². The highest BCUT2D eigenvalue weighted by Crippen LogP contribution is 2.37. The van der Waals surface area contributed by atoms with Crippen LogP contribution in [-0.2, 0) is 10.3 Å². The van der Waals surface area contributed by atoms with Gasteiger partial charge in [-0.15, -0.1) is 15.3 Å². The summed E-state index contributed by atoms with van der Waals surface area (Å²) in [4.78, 5) is 13.1. The minimum absolute atomic E-state index is 0.0779. The van der Waals surface area contributed by atoms with Gasteiger partial charge >= 0.3 is 0 Å². The molecule has 2 aliphatic carbocycles. The smallest absolute Gasteiger partial charge is 0.254 e. The van der Waals surface area contributed by atoms with E-state index in [1.807, 2.05) is 0 Å². The molecule has 1 N–H and O–H groups in total. The van der Waals surface area contributed by atoms with E-state index in [1.54, 1.807) is 11.0 Å². The fraction of sp³-hybridized carbons (Fsp3) is 0.750. The van der Waals surface area contributed by atoms with Crippen LogP contribution in [0, 0.1) is 0 Å². The molecule has 0 aliphatic heterocycles. The first-order chi connectivity index (χ1) is 12.3. The molecule has 2 aromatic rings. The molecule has 2 saturated carbocycles. The Bertz CT molecular complexity index is 702. The van der Waals surface area contributed by atoms with Gasteiger partial charge in [0.1, 0.15) is 16.9 Å². The Morgan fingerprint density at radius 3 is 2.60 bits per heavy atom. The Balaban J connectivity index is 1.51. The van der Waals surface area contributed by atoms with Gasteiger partial charge in [0.05, 0.1) is 0 Å². The fourth-order valence-corrected chi connectivity index (χ4v) is 4.97. The van der Waals surface area contributed by atoms with Crippen molar-refractivity contribution in [3.8, 4) is 0 Å². The molecular weight excluding hydrogens is 338 g/mol. The summed E-state index contributed by atoms with van der Waals surface area (Å²) >= 11 is 1.51. The Hall–Kier alpha value is -1.90. The van der Waals surface area contributed by atoms with Crippen LogP contribution in [-0.4, -0.2) is 36.3 Å². The Labute approximate surface area is 150 Å². The molecule has 2 aliphatic rings. The van der Waals surface area contributed by atoms with E-state index in [2.05, 4.69) is 31.0 Å². The largest absolute Gasteiger partial charge is 0.298 e. The molecule has 0 aromatic carbocycles. The van der Waals surface area contributed by atoms with Gasteiger partial charge in [-0.2, -0.15) is 0 Å². The lowest BCUT2D eigenvalue weighted by Crippen LogP contribution is -2.47. The molecule has 0 spiro atoms. The van der Waals surface area contributed by atoms with Gasteiger partial charge in [0.2, 0.25) is 5.13 Å². The van der Waals surface area contributed by atoms with Crippen LogP contribution in [0.2, 0.25) is 0 Å². The SMILES string of the molecule is O=C(Nc1nnc(C2CCCCC2)s1)C1(n2cnnn2)CCCCC1. The van der Waals surface area contributed by atoms with E-state index in [4.69, 9.17) is 0 Å². The van der Waals surface area contributed by atoms with Crippen LogP contribution in [0.5, 0.6) is 0 Å². The van der Waals surface area contributed by atoms with Crippen LogP contribution >= 0.6 is 11.3 Å². The van der Waals surface area contributed by atoms with Crippen LogP contribution in [0.1, 0.15) is 75.1 Å². The maximum Gasteiger partial charge on any atom is 0.254 e. The summed E-state index contributed by atoms with van der Waals surface area (Å²) in [5.41, 5.74) is -0.710. The lowest BCUT2D eigenvalue weighted by Gasteiger charge is -2.34. The van der Waals surface area contributed by atoms with Crippen LogP contribution in [0.25, 0.3) is 0 Å². The molecule has 134 valence electrons. The average molecular weight is 361 g/mol. The van der Waals surface area contributed by atoms with E-state index in [9.17, 15) is 4.79 Å². The van der Waals surface area contributed by atoms with Gasteiger partial charge in [-0.3, -0.25) is 10.1 Å². The minimum Gasteiger partial charge on any atom is -0.298 e. The minimum atomic E-state index is -0.710. The molecule has 0 unspecified atom stereocenters. The lowest BCUT2D eigenvalue weighted by molar-refractivity contribution is -0.126. The van der Waals surface area contributed by atoms with Gasteiger partial charge in [0, 0.05) is 5.92 Å². The highest BCUT2D eigenvalue weighted by atomic mass is 32.1. The zero-order valence-electron chi connectivity index (χ0n) is 14.2. The molecule has 1 amide bonds. The summed E-state index contributed by atoms with van der Waals surface area (Å²) in [5, 5.41) is 24.6. The van der Waals surface area contributed by atoms with Crippen LogP contribution in [0.15, 0.2) is 6.33 Å². The number of amides is 1. The number of aromatic nitrogens is 6. The quantitative estimate of drug-likeness (QED) is 0.899. The van der Waals surface area contributed by atoms with Gasteiger partial charge in [0.15, 0.2) is 0 Å². The molecule has 0 saturated heterocycles. The van der Waals surface area contributed by atoms with E-state index in [-0.39, 0.29) is 5.91 Å². The van der Waals surface area contributed by atoms with Gasteiger partial charge in [-0.05, 0) is 36.1 Å². The zero-order valence-corrected chi connectivity index (χ0v) is 15.0. The number of nitrogens with zero attached hydrogens (tertiary/aromatic N) is 6.